The molecule has 1 aromatic heterocycles. The molecule has 0 aliphatic heterocycles. The first-order valence-electron chi connectivity index (χ1n) is 6.45. The Labute approximate surface area is 134 Å². The SMILES string of the molecule is CC(Cc1cccs1)NS(=O)(=O)c1cc(CN)ccc1Cl. The Hall–Kier alpha value is -0.920. The number of hydrogen-bond donors (Lipinski definition) is 2. The molecular formula is C14H17ClN2O2S2. The van der Waals surface area contributed by atoms with E-state index in [0.29, 0.717) is 6.42 Å². The van der Waals surface area contributed by atoms with Crippen LogP contribution in [0.25, 0.3) is 0 Å². The number of hydrogen-bond acceptors (Lipinski definition) is 4. The molecule has 0 bridgehead atoms. The third kappa shape index (κ3) is 4.28. The first-order chi connectivity index (χ1) is 9.92. The molecule has 1 heterocycles. The number of sulfonamides is 1. The number of nitrogens with one attached hydrogen (secondary N) is 1. The van der Waals surface area contributed by atoms with Crippen molar-refractivity contribution in [1.82, 2.24) is 4.72 Å². The fourth-order valence-corrected chi connectivity index (χ4v) is 4.61. The molecule has 114 valence electrons. The fourth-order valence-electron chi connectivity index (χ4n) is 1.98. The van der Waals surface area contributed by atoms with Crippen LogP contribution in [-0.2, 0) is 23.0 Å². The highest BCUT2D eigenvalue weighted by Gasteiger charge is 2.21. The van der Waals surface area contributed by atoms with Gasteiger partial charge in [0.05, 0.1) is 5.02 Å². The van der Waals surface area contributed by atoms with Crippen molar-refractivity contribution in [3.63, 3.8) is 0 Å². The summed E-state index contributed by atoms with van der Waals surface area (Å²) in [5, 5.41) is 2.17. The van der Waals surface area contributed by atoms with Gasteiger partial charge in [-0.25, -0.2) is 13.1 Å². The Morgan fingerprint density at radius 1 is 1.38 bits per heavy atom. The average Bonchev–Trinajstić information content (AvgIpc) is 2.91. The molecule has 2 aromatic rings. The van der Waals surface area contributed by atoms with Crippen molar-refractivity contribution >= 4 is 33.0 Å². The Morgan fingerprint density at radius 2 is 2.14 bits per heavy atom. The molecule has 0 saturated heterocycles. The van der Waals surface area contributed by atoms with Gasteiger partial charge in [0, 0.05) is 17.5 Å². The van der Waals surface area contributed by atoms with Crippen molar-refractivity contribution in [2.75, 3.05) is 0 Å². The second kappa shape index (κ2) is 6.89. The van der Waals surface area contributed by atoms with Crippen LogP contribution in [0.5, 0.6) is 0 Å². The van der Waals surface area contributed by atoms with Crippen molar-refractivity contribution < 1.29 is 8.42 Å². The summed E-state index contributed by atoms with van der Waals surface area (Å²) >= 11 is 7.61. The summed E-state index contributed by atoms with van der Waals surface area (Å²) < 4.78 is 27.5. The summed E-state index contributed by atoms with van der Waals surface area (Å²) in [4.78, 5) is 1.21. The van der Waals surface area contributed by atoms with E-state index in [1.54, 1.807) is 23.5 Å². The summed E-state index contributed by atoms with van der Waals surface area (Å²) in [5.41, 5.74) is 6.27. The van der Waals surface area contributed by atoms with Crippen molar-refractivity contribution in [1.29, 1.82) is 0 Å². The molecule has 0 amide bonds. The zero-order valence-corrected chi connectivity index (χ0v) is 13.9. The number of nitrogens with two attached hydrogens (primary N) is 1. The molecule has 0 radical (unpaired) electrons. The monoisotopic (exact) mass is 344 g/mol. The maximum atomic E-state index is 12.4. The van der Waals surface area contributed by atoms with Crippen LogP contribution < -0.4 is 10.5 Å². The van der Waals surface area contributed by atoms with Gasteiger partial charge in [0.15, 0.2) is 0 Å². The van der Waals surface area contributed by atoms with Crippen LogP contribution in [0.4, 0.5) is 0 Å². The number of thiophene rings is 1. The van der Waals surface area contributed by atoms with E-state index in [0.717, 1.165) is 10.4 Å². The van der Waals surface area contributed by atoms with E-state index in [9.17, 15) is 8.42 Å². The van der Waals surface area contributed by atoms with Crippen molar-refractivity contribution in [3.05, 3.63) is 51.2 Å². The van der Waals surface area contributed by atoms with Crippen LogP contribution in [0, 0.1) is 0 Å². The Morgan fingerprint density at radius 3 is 2.76 bits per heavy atom. The maximum Gasteiger partial charge on any atom is 0.242 e. The fraction of sp³-hybridized carbons (Fsp3) is 0.286. The third-order valence-electron chi connectivity index (χ3n) is 2.96. The van der Waals surface area contributed by atoms with Crippen LogP contribution in [0.3, 0.4) is 0 Å². The zero-order valence-electron chi connectivity index (χ0n) is 11.5. The van der Waals surface area contributed by atoms with Gasteiger partial charge in [-0.05, 0) is 42.5 Å². The minimum absolute atomic E-state index is 0.0742. The molecule has 7 heteroatoms. The number of rotatable bonds is 6. The van der Waals surface area contributed by atoms with Gasteiger partial charge in [-0.15, -0.1) is 11.3 Å². The Kier molecular flexibility index (Phi) is 5.40. The lowest BCUT2D eigenvalue weighted by Gasteiger charge is -2.15. The molecule has 21 heavy (non-hydrogen) atoms. The smallest absolute Gasteiger partial charge is 0.242 e. The van der Waals surface area contributed by atoms with Crippen molar-refractivity contribution in [2.24, 2.45) is 5.73 Å². The molecule has 2 rings (SSSR count). The van der Waals surface area contributed by atoms with Gasteiger partial charge in [0.1, 0.15) is 4.90 Å². The summed E-state index contributed by atoms with van der Waals surface area (Å²) in [7, 11) is -3.66. The van der Waals surface area contributed by atoms with Crippen LogP contribution in [0.15, 0.2) is 40.6 Å². The van der Waals surface area contributed by atoms with Gasteiger partial charge in [-0.3, -0.25) is 0 Å². The lowest BCUT2D eigenvalue weighted by atomic mass is 10.2. The lowest BCUT2D eigenvalue weighted by Crippen LogP contribution is -2.34. The lowest BCUT2D eigenvalue weighted by molar-refractivity contribution is 0.560. The normalized spacial score (nSPS) is 13.3. The Bertz CT molecular complexity index is 700. The predicted molar refractivity (Wildman–Crippen MR) is 87.1 cm³/mol. The summed E-state index contributed by atoms with van der Waals surface area (Å²) in [6.07, 6.45) is 0.644. The molecular weight excluding hydrogens is 328 g/mol. The zero-order chi connectivity index (χ0) is 15.5. The van der Waals surface area contributed by atoms with Gasteiger partial charge in [0.25, 0.3) is 0 Å². The van der Waals surface area contributed by atoms with Crippen LogP contribution in [0.1, 0.15) is 17.4 Å². The van der Waals surface area contributed by atoms with Crippen molar-refractivity contribution in [2.45, 2.75) is 30.8 Å². The topological polar surface area (TPSA) is 72.2 Å². The first kappa shape index (κ1) is 16.5. The highest BCUT2D eigenvalue weighted by molar-refractivity contribution is 7.89. The average molecular weight is 345 g/mol. The third-order valence-corrected chi connectivity index (χ3v) is 5.93. The minimum atomic E-state index is -3.66. The molecule has 4 nitrogen and oxygen atoms in total. The quantitative estimate of drug-likeness (QED) is 0.846. The van der Waals surface area contributed by atoms with E-state index in [4.69, 9.17) is 17.3 Å². The molecule has 1 unspecified atom stereocenters. The highest BCUT2D eigenvalue weighted by atomic mass is 35.5. The number of benzene rings is 1. The second-order valence-electron chi connectivity index (χ2n) is 4.77. The van der Waals surface area contributed by atoms with Crippen LogP contribution >= 0.6 is 22.9 Å². The van der Waals surface area contributed by atoms with Gasteiger partial charge >= 0.3 is 0 Å². The Balaban J connectivity index is 2.18. The minimum Gasteiger partial charge on any atom is -0.326 e. The van der Waals surface area contributed by atoms with Crippen LogP contribution in [-0.4, -0.2) is 14.5 Å². The molecule has 0 fully saturated rings. The van der Waals surface area contributed by atoms with Gasteiger partial charge in [-0.2, -0.15) is 0 Å². The van der Waals surface area contributed by atoms with E-state index < -0.39 is 10.0 Å². The molecule has 1 aromatic carbocycles. The highest BCUT2D eigenvalue weighted by Crippen LogP contribution is 2.23. The summed E-state index contributed by atoms with van der Waals surface area (Å²) in [6, 6.07) is 8.51. The molecule has 1 atom stereocenters. The number of halogens is 1. The summed E-state index contributed by atoms with van der Waals surface area (Å²) in [6.45, 7) is 2.10. The molecule has 3 N–H and O–H groups in total. The largest absolute Gasteiger partial charge is 0.326 e. The second-order valence-corrected chi connectivity index (χ2v) is 7.90. The van der Waals surface area contributed by atoms with Crippen molar-refractivity contribution in [3.8, 4) is 0 Å². The van der Waals surface area contributed by atoms with Gasteiger partial charge < -0.3 is 5.73 Å². The van der Waals surface area contributed by atoms with Gasteiger partial charge in [-0.1, -0.05) is 23.7 Å². The molecule has 0 saturated carbocycles. The predicted octanol–water partition coefficient (Wildman–Crippen LogP) is 2.77. The van der Waals surface area contributed by atoms with Crippen LogP contribution in [0.2, 0.25) is 5.02 Å². The summed E-state index contributed by atoms with van der Waals surface area (Å²) in [5.74, 6) is 0. The molecule has 0 aliphatic carbocycles. The van der Waals surface area contributed by atoms with E-state index in [1.165, 1.54) is 6.07 Å². The van der Waals surface area contributed by atoms with E-state index in [-0.39, 0.29) is 22.5 Å². The molecule has 0 aliphatic rings. The van der Waals surface area contributed by atoms with Gasteiger partial charge in [0.2, 0.25) is 10.0 Å². The molecule has 0 spiro atoms. The maximum absolute atomic E-state index is 12.4. The standard InChI is InChI=1S/C14H17ClN2O2S2/c1-10(7-12-3-2-6-20-12)17-21(18,19)14-8-11(9-16)4-5-13(14)15/h2-6,8,10,17H,7,9,16H2,1H3. The van der Waals surface area contributed by atoms with E-state index >= 15 is 0 Å². The van der Waals surface area contributed by atoms with E-state index in [1.807, 2.05) is 24.4 Å². The first-order valence-corrected chi connectivity index (χ1v) is 9.19. The van der Waals surface area contributed by atoms with E-state index in [2.05, 4.69) is 4.72 Å².